The lowest BCUT2D eigenvalue weighted by atomic mass is 9.92. The first-order valence-corrected chi connectivity index (χ1v) is 6.84. The average molecular weight is 264 g/mol. The van der Waals surface area contributed by atoms with Gasteiger partial charge in [-0.2, -0.15) is 0 Å². The minimum absolute atomic E-state index is 0.0657. The Hall–Kier alpha value is -1.42. The number of hydrogen-bond donors (Lipinski definition) is 1. The van der Waals surface area contributed by atoms with Gasteiger partial charge in [-0.3, -0.25) is 4.79 Å². The summed E-state index contributed by atoms with van der Waals surface area (Å²) < 4.78 is 13.1. The van der Waals surface area contributed by atoms with Crippen LogP contribution in [0.2, 0.25) is 0 Å². The Bertz CT molecular complexity index is 448. The number of carbonyl (C=O) groups excluding carboxylic acids is 1. The minimum Gasteiger partial charge on any atom is -0.342 e. The van der Waals surface area contributed by atoms with Crippen LogP contribution >= 0.6 is 0 Å². The van der Waals surface area contributed by atoms with Crippen LogP contribution in [0.25, 0.3) is 0 Å². The van der Waals surface area contributed by atoms with Crippen LogP contribution < -0.4 is 5.73 Å². The van der Waals surface area contributed by atoms with Crippen molar-refractivity contribution in [1.29, 1.82) is 0 Å². The van der Waals surface area contributed by atoms with Gasteiger partial charge in [-0.15, -0.1) is 0 Å². The monoisotopic (exact) mass is 264 g/mol. The van der Waals surface area contributed by atoms with Gasteiger partial charge in [-0.05, 0) is 43.4 Å². The van der Waals surface area contributed by atoms with Crippen molar-refractivity contribution >= 4 is 5.91 Å². The number of amides is 1. The molecule has 2 N–H and O–H groups in total. The lowest BCUT2D eigenvalue weighted by Gasteiger charge is -2.34. The molecule has 1 saturated heterocycles. The fraction of sp³-hybridized carbons (Fsp3) is 0.533. The third-order valence-corrected chi connectivity index (χ3v) is 3.80. The molecular weight excluding hydrogens is 243 g/mol. The third kappa shape index (κ3) is 3.77. The number of rotatable bonds is 3. The highest BCUT2D eigenvalue weighted by Crippen LogP contribution is 2.19. The van der Waals surface area contributed by atoms with Crippen molar-refractivity contribution in [1.82, 2.24) is 4.90 Å². The molecule has 0 spiro atoms. The fourth-order valence-electron chi connectivity index (χ4n) is 2.60. The number of nitrogens with zero attached hydrogens (tertiary/aromatic N) is 1. The molecule has 1 aromatic carbocycles. The highest BCUT2D eigenvalue weighted by Gasteiger charge is 2.25. The van der Waals surface area contributed by atoms with Crippen molar-refractivity contribution in [2.24, 2.45) is 11.7 Å². The molecule has 0 saturated carbocycles. The molecule has 0 aliphatic carbocycles. The van der Waals surface area contributed by atoms with E-state index in [1.807, 2.05) is 11.8 Å². The van der Waals surface area contributed by atoms with E-state index in [4.69, 9.17) is 5.73 Å². The predicted octanol–water partition coefficient (Wildman–Crippen LogP) is 1.95. The predicted molar refractivity (Wildman–Crippen MR) is 73.1 cm³/mol. The molecule has 1 heterocycles. The molecule has 1 fully saturated rings. The maximum absolute atomic E-state index is 13.1. The quantitative estimate of drug-likeness (QED) is 0.907. The van der Waals surface area contributed by atoms with E-state index in [9.17, 15) is 9.18 Å². The van der Waals surface area contributed by atoms with Crippen molar-refractivity contribution < 1.29 is 9.18 Å². The zero-order chi connectivity index (χ0) is 13.8. The molecule has 1 aromatic rings. The van der Waals surface area contributed by atoms with Gasteiger partial charge < -0.3 is 10.6 Å². The first kappa shape index (κ1) is 14.0. The molecule has 3 nitrogen and oxygen atoms in total. The summed E-state index contributed by atoms with van der Waals surface area (Å²) in [5.74, 6) is 0.151. The van der Waals surface area contributed by atoms with Crippen LogP contribution in [0.15, 0.2) is 24.3 Å². The molecule has 2 rings (SSSR count). The van der Waals surface area contributed by atoms with Crippen molar-refractivity contribution in [3.63, 3.8) is 0 Å². The normalized spacial score (nSPS) is 21.2. The number of piperidine rings is 1. The molecule has 1 aliphatic heterocycles. The van der Waals surface area contributed by atoms with Crippen molar-refractivity contribution in [3.8, 4) is 0 Å². The highest BCUT2D eigenvalue weighted by molar-refractivity contribution is 5.78. The van der Waals surface area contributed by atoms with Gasteiger partial charge in [0.25, 0.3) is 0 Å². The van der Waals surface area contributed by atoms with Gasteiger partial charge >= 0.3 is 0 Å². The van der Waals surface area contributed by atoms with Crippen molar-refractivity contribution in [2.45, 2.75) is 32.2 Å². The summed E-state index contributed by atoms with van der Waals surface area (Å²) in [5.41, 5.74) is 6.64. The van der Waals surface area contributed by atoms with Crippen molar-refractivity contribution in [2.75, 3.05) is 13.1 Å². The van der Waals surface area contributed by atoms with E-state index < -0.39 is 0 Å². The van der Waals surface area contributed by atoms with Crippen LogP contribution in [0, 0.1) is 11.7 Å². The van der Waals surface area contributed by atoms with Gasteiger partial charge in [0, 0.05) is 19.1 Å². The zero-order valence-corrected chi connectivity index (χ0v) is 11.3. The summed E-state index contributed by atoms with van der Waals surface area (Å²) in [5, 5.41) is 0. The average Bonchev–Trinajstić information content (AvgIpc) is 2.39. The molecule has 1 amide bonds. The lowest BCUT2D eigenvalue weighted by Crippen LogP contribution is -2.45. The van der Waals surface area contributed by atoms with E-state index >= 15 is 0 Å². The highest BCUT2D eigenvalue weighted by atomic mass is 19.1. The maximum atomic E-state index is 13.1. The number of carbonyl (C=O) groups is 1. The molecule has 4 heteroatoms. The van der Waals surface area contributed by atoms with E-state index in [1.165, 1.54) is 12.1 Å². The fourth-order valence-corrected chi connectivity index (χ4v) is 2.60. The zero-order valence-electron chi connectivity index (χ0n) is 11.3. The summed E-state index contributed by atoms with van der Waals surface area (Å²) >= 11 is 0. The van der Waals surface area contributed by atoms with Gasteiger partial charge in [0.1, 0.15) is 5.82 Å². The van der Waals surface area contributed by atoms with Gasteiger partial charge in [0.15, 0.2) is 0 Å². The second-order valence-corrected chi connectivity index (χ2v) is 5.41. The Kier molecular flexibility index (Phi) is 4.53. The Morgan fingerprint density at radius 1 is 1.58 bits per heavy atom. The largest absolute Gasteiger partial charge is 0.342 e. The summed E-state index contributed by atoms with van der Waals surface area (Å²) in [6, 6.07) is 6.35. The van der Waals surface area contributed by atoms with Gasteiger partial charge in [-0.1, -0.05) is 12.1 Å². The molecule has 0 aromatic heterocycles. The summed E-state index contributed by atoms with van der Waals surface area (Å²) in [6.07, 6.45) is 2.35. The first-order chi connectivity index (χ1) is 9.06. The molecule has 19 heavy (non-hydrogen) atoms. The number of halogens is 1. The number of nitrogens with two attached hydrogens (primary N) is 1. The Morgan fingerprint density at radius 2 is 2.37 bits per heavy atom. The second kappa shape index (κ2) is 6.15. The first-order valence-electron chi connectivity index (χ1n) is 6.84. The Labute approximate surface area is 113 Å². The standard InChI is InChI=1S/C15H21FN2O/c1-11(17)13-5-3-7-18(10-13)15(19)9-12-4-2-6-14(16)8-12/h2,4,6,8,11,13H,3,5,7,9-10,17H2,1H3/t11-,13-/m1/s1. The molecule has 1 aliphatic rings. The molecular formula is C15H21FN2O. The van der Waals surface area contributed by atoms with Crippen LogP contribution in [-0.4, -0.2) is 29.9 Å². The summed E-state index contributed by atoms with van der Waals surface area (Å²) in [7, 11) is 0. The van der Waals surface area contributed by atoms with Gasteiger partial charge in [-0.25, -0.2) is 4.39 Å². The van der Waals surface area contributed by atoms with Gasteiger partial charge in [0.05, 0.1) is 6.42 Å². The van der Waals surface area contributed by atoms with E-state index in [0.717, 1.165) is 31.5 Å². The second-order valence-electron chi connectivity index (χ2n) is 5.41. The maximum Gasteiger partial charge on any atom is 0.227 e. The topological polar surface area (TPSA) is 46.3 Å². The van der Waals surface area contributed by atoms with E-state index in [2.05, 4.69) is 0 Å². The summed E-state index contributed by atoms with van der Waals surface area (Å²) in [6.45, 7) is 3.51. The van der Waals surface area contributed by atoms with Crippen molar-refractivity contribution in [3.05, 3.63) is 35.6 Å². The molecule has 2 atom stereocenters. The molecule has 0 unspecified atom stereocenters. The SMILES string of the molecule is C[C@@H](N)[C@@H]1CCCN(C(=O)Cc2cccc(F)c2)C1. The number of likely N-dealkylation sites (tertiary alicyclic amines) is 1. The Morgan fingerprint density at radius 3 is 3.05 bits per heavy atom. The minimum atomic E-state index is -0.294. The summed E-state index contributed by atoms with van der Waals surface area (Å²) in [4.78, 5) is 14.1. The van der Waals surface area contributed by atoms with Crippen LogP contribution in [0.5, 0.6) is 0 Å². The van der Waals surface area contributed by atoms with Gasteiger partial charge in [0.2, 0.25) is 5.91 Å². The Balaban J connectivity index is 1.96. The number of benzene rings is 1. The lowest BCUT2D eigenvalue weighted by molar-refractivity contribution is -0.132. The van der Waals surface area contributed by atoms with Crippen LogP contribution in [0.1, 0.15) is 25.3 Å². The van der Waals surface area contributed by atoms with E-state index in [1.54, 1.807) is 12.1 Å². The van der Waals surface area contributed by atoms with E-state index in [-0.39, 0.29) is 24.2 Å². The third-order valence-electron chi connectivity index (χ3n) is 3.80. The van der Waals surface area contributed by atoms with Crippen LogP contribution in [-0.2, 0) is 11.2 Å². The number of hydrogen-bond acceptors (Lipinski definition) is 2. The van der Waals surface area contributed by atoms with Crippen LogP contribution in [0.4, 0.5) is 4.39 Å². The molecule has 0 radical (unpaired) electrons. The molecule has 104 valence electrons. The van der Waals surface area contributed by atoms with E-state index in [0.29, 0.717) is 5.92 Å². The smallest absolute Gasteiger partial charge is 0.227 e. The molecule has 0 bridgehead atoms. The van der Waals surface area contributed by atoms with Crippen LogP contribution in [0.3, 0.4) is 0 Å².